The number of hydrogen-bond donors (Lipinski definition) is 1. The zero-order valence-corrected chi connectivity index (χ0v) is 13.0. The van der Waals surface area contributed by atoms with Crippen LogP contribution in [0.5, 0.6) is 5.75 Å². The first-order valence-electron chi connectivity index (χ1n) is 7.40. The second kappa shape index (κ2) is 6.80. The normalized spacial score (nSPS) is 20.2. The SMILES string of the molecule is CC(COc1cccc(C2=CC[C@H](C)CN2)c1)N(C)C. The number of nitrogens with zero attached hydrogens (tertiary/aromatic N) is 1. The zero-order chi connectivity index (χ0) is 14.5. The molecule has 1 aromatic rings. The molecule has 1 aliphatic heterocycles. The molecule has 20 heavy (non-hydrogen) atoms. The zero-order valence-electron chi connectivity index (χ0n) is 13.0. The summed E-state index contributed by atoms with van der Waals surface area (Å²) in [5, 5.41) is 3.49. The molecule has 3 nitrogen and oxygen atoms in total. The van der Waals surface area contributed by atoms with E-state index in [4.69, 9.17) is 4.74 Å². The van der Waals surface area contributed by atoms with Crippen molar-refractivity contribution in [3.8, 4) is 5.75 Å². The van der Waals surface area contributed by atoms with E-state index in [0.717, 1.165) is 24.6 Å². The predicted molar refractivity (Wildman–Crippen MR) is 84.8 cm³/mol. The summed E-state index contributed by atoms with van der Waals surface area (Å²) in [6, 6.07) is 8.75. The molecule has 1 N–H and O–H groups in total. The second-order valence-corrected chi connectivity index (χ2v) is 5.99. The van der Waals surface area contributed by atoms with Gasteiger partial charge in [0, 0.05) is 23.8 Å². The molecule has 0 amide bonds. The van der Waals surface area contributed by atoms with Gasteiger partial charge >= 0.3 is 0 Å². The number of rotatable bonds is 5. The van der Waals surface area contributed by atoms with Crippen LogP contribution in [0.25, 0.3) is 5.70 Å². The third-order valence-electron chi connectivity index (χ3n) is 3.88. The number of likely N-dealkylation sites (N-methyl/N-ethyl adjacent to an activating group) is 1. The van der Waals surface area contributed by atoms with Crippen molar-refractivity contribution in [2.75, 3.05) is 27.2 Å². The summed E-state index contributed by atoms with van der Waals surface area (Å²) in [6.45, 7) is 6.19. The van der Waals surface area contributed by atoms with Crippen LogP contribution in [0, 0.1) is 5.92 Å². The van der Waals surface area contributed by atoms with Crippen molar-refractivity contribution < 1.29 is 4.74 Å². The van der Waals surface area contributed by atoms with Crippen LogP contribution in [0.3, 0.4) is 0 Å². The molecule has 1 unspecified atom stereocenters. The molecular weight excluding hydrogens is 248 g/mol. The van der Waals surface area contributed by atoms with E-state index in [1.54, 1.807) is 0 Å². The van der Waals surface area contributed by atoms with Gasteiger partial charge in [0.1, 0.15) is 12.4 Å². The molecule has 2 rings (SSSR count). The minimum absolute atomic E-state index is 0.409. The lowest BCUT2D eigenvalue weighted by molar-refractivity contribution is 0.198. The molecule has 0 spiro atoms. The highest BCUT2D eigenvalue weighted by atomic mass is 16.5. The molecule has 1 aromatic carbocycles. The predicted octanol–water partition coefficient (Wildman–Crippen LogP) is 2.99. The van der Waals surface area contributed by atoms with Gasteiger partial charge < -0.3 is 15.0 Å². The molecule has 0 saturated carbocycles. The molecule has 1 aliphatic rings. The second-order valence-electron chi connectivity index (χ2n) is 5.99. The molecule has 0 aliphatic carbocycles. The minimum atomic E-state index is 0.409. The molecule has 2 atom stereocenters. The number of ether oxygens (including phenoxy) is 1. The van der Waals surface area contributed by atoms with Gasteiger partial charge in [0.2, 0.25) is 0 Å². The fourth-order valence-corrected chi connectivity index (χ4v) is 2.10. The molecule has 3 heteroatoms. The van der Waals surface area contributed by atoms with Crippen molar-refractivity contribution in [3.05, 3.63) is 35.9 Å². The summed E-state index contributed by atoms with van der Waals surface area (Å²) in [5.41, 5.74) is 2.45. The summed E-state index contributed by atoms with van der Waals surface area (Å²) < 4.78 is 5.89. The van der Waals surface area contributed by atoms with E-state index in [9.17, 15) is 0 Å². The molecule has 1 heterocycles. The number of allylic oxidation sites excluding steroid dienone is 1. The molecule has 0 aromatic heterocycles. The summed E-state index contributed by atoms with van der Waals surface area (Å²) in [7, 11) is 4.14. The molecular formula is C17H26N2O. The lowest BCUT2D eigenvalue weighted by Gasteiger charge is -2.22. The molecule has 0 radical (unpaired) electrons. The summed E-state index contributed by atoms with van der Waals surface area (Å²) in [4.78, 5) is 2.16. The minimum Gasteiger partial charge on any atom is -0.492 e. The van der Waals surface area contributed by atoms with Crippen molar-refractivity contribution in [1.82, 2.24) is 10.2 Å². The van der Waals surface area contributed by atoms with E-state index in [2.05, 4.69) is 62.4 Å². The maximum absolute atomic E-state index is 5.89. The van der Waals surface area contributed by atoms with E-state index in [-0.39, 0.29) is 0 Å². The lowest BCUT2D eigenvalue weighted by Crippen LogP contribution is -2.30. The van der Waals surface area contributed by atoms with Gasteiger partial charge in [0.05, 0.1) is 0 Å². The van der Waals surface area contributed by atoms with E-state index in [1.165, 1.54) is 11.3 Å². The summed E-state index contributed by atoms with van der Waals surface area (Å²) in [6.07, 6.45) is 3.43. The van der Waals surface area contributed by atoms with Crippen LogP contribution in [0.1, 0.15) is 25.8 Å². The van der Waals surface area contributed by atoms with E-state index in [0.29, 0.717) is 12.6 Å². The fourth-order valence-electron chi connectivity index (χ4n) is 2.10. The maximum Gasteiger partial charge on any atom is 0.120 e. The Balaban J connectivity index is 2.01. The van der Waals surface area contributed by atoms with E-state index in [1.807, 2.05) is 6.07 Å². The van der Waals surface area contributed by atoms with Gasteiger partial charge in [-0.25, -0.2) is 0 Å². The van der Waals surface area contributed by atoms with Crippen LogP contribution in [0.4, 0.5) is 0 Å². The third kappa shape index (κ3) is 4.01. The highest BCUT2D eigenvalue weighted by molar-refractivity contribution is 5.65. The Labute approximate surface area is 122 Å². The highest BCUT2D eigenvalue weighted by Crippen LogP contribution is 2.22. The molecule has 110 valence electrons. The Morgan fingerprint density at radius 3 is 2.85 bits per heavy atom. The van der Waals surface area contributed by atoms with Gasteiger partial charge in [0.15, 0.2) is 0 Å². The first-order chi connectivity index (χ1) is 9.56. The van der Waals surface area contributed by atoms with Gasteiger partial charge in [0.25, 0.3) is 0 Å². The first kappa shape index (κ1) is 14.9. The van der Waals surface area contributed by atoms with Crippen LogP contribution in [-0.4, -0.2) is 38.2 Å². The monoisotopic (exact) mass is 274 g/mol. The van der Waals surface area contributed by atoms with Gasteiger partial charge in [-0.2, -0.15) is 0 Å². The summed E-state index contributed by atoms with van der Waals surface area (Å²) in [5.74, 6) is 1.66. The quantitative estimate of drug-likeness (QED) is 0.893. The van der Waals surface area contributed by atoms with E-state index >= 15 is 0 Å². The van der Waals surface area contributed by atoms with Crippen LogP contribution in [0.2, 0.25) is 0 Å². The molecule has 0 fully saturated rings. The number of hydrogen-bond acceptors (Lipinski definition) is 3. The molecule has 0 bridgehead atoms. The standard InChI is InChI=1S/C17H26N2O/c1-13-8-9-17(18-11-13)15-6-5-7-16(10-15)20-12-14(2)19(3)4/h5-7,9-10,13-14,18H,8,11-12H2,1-4H3/t13-,14?/m0/s1. The maximum atomic E-state index is 5.89. The lowest BCUT2D eigenvalue weighted by atomic mass is 10.0. The van der Waals surface area contributed by atoms with Crippen molar-refractivity contribution in [2.45, 2.75) is 26.3 Å². The number of benzene rings is 1. The Kier molecular flexibility index (Phi) is 5.07. The van der Waals surface area contributed by atoms with Crippen molar-refractivity contribution in [1.29, 1.82) is 0 Å². The van der Waals surface area contributed by atoms with E-state index < -0.39 is 0 Å². The smallest absolute Gasteiger partial charge is 0.120 e. The molecule has 0 saturated heterocycles. The summed E-state index contributed by atoms with van der Waals surface area (Å²) >= 11 is 0. The van der Waals surface area contributed by atoms with Crippen molar-refractivity contribution >= 4 is 5.70 Å². The Bertz CT molecular complexity index is 468. The van der Waals surface area contributed by atoms with Crippen LogP contribution < -0.4 is 10.1 Å². The topological polar surface area (TPSA) is 24.5 Å². The van der Waals surface area contributed by atoms with Crippen molar-refractivity contribution in [2.24, 2.45) is 5.92 Å². The first-order valence-corrected chi connectivity index (χ1v) is 7.40. The van der Waals surface area contributed by atoms with Crippen LogP contribution in [-0.2, 0) is 0 Å². The van der Waals surface area contributed by atoms with Gasteiger partial charge in [-0.05, 0) is 45.5 Å². The average Bonchev–Trinajstić information content (AvgIpc) is 2.45. The third-order valence-corrected chi connectivity index (χ3v) is 3.88. The number of nitrogens with one attached hydrogen (secondary N) is 1. The van der Waals surface area contributed by atoms with Crippen LogP contribution >= 0.6 is 0 Å². The Morgan fingerprint density at radius 1 is 1.40 bits per heavy atom. The van der Waals surface area contributed by atoms with Gasteiger partial charge in [-0.1, -0.05) is 25.1 Å². The van der Waals surface area contributed by atoms with Crippen molar-refractivity contribution in [3.63, 3.8) is 0 Å². The average molecular weight is 274 g/mol. The fraction of sp³-hybridized carbons (Fsp3) is 0.529. The van der Waals surface area contributed by atoms with Gasteiger partial charge in [-0.15, -0.1) is 0 Å². The Morgan fingerprint density at radius 2 is 2.20 bits per heavy atom. The van der Waals surface area contributed by atoms with Crippen LogP contribution in [0.15, 0.2) is 30.3 Å². The Hall–Kier alpha value is -1.48. The van der Waals surface area contributed by atoms with Gasteiger partial charge in [-0.3, -0.25) is 0 Å². The highest BCUT2D eigenvalue weighted by Gasteiger charge is 2.11. The largest absolute Gasteiger partial charge is 0.492 e.